The lowest BCUT2D eigenvalue weighted by Gasteiger charge is -1.99. The zero-order chi connectivity index (χ0) is 13.7. The van der Waals surface area contributed by atoms with Crippen molar-refractivity contribution in [1.82, 2.24) is 9.97 Å². The summed E-state index contributed by atoms with van der Waals surface area (Å²) in [6.07, 6.45) is 0.250. The van der Waals surface area contributed by atoms with Crippen molar-refractivity contribution >= 4 is 22.6 Å². The van der Waals surface area contributed by atoms with Gasteiger partial charge in [0.25, 0.3) is 0 Å². The number of nitrogens with one attached hydrogen (secondary N) is 1. The molecule has 7 nitrogen and oxygen atoms in total. The molecule has 2 aromatic rings. The molecule has 4 N–H and O–H groups in total. The normalized spacial score (nSPS) is 12.6. The molecule has 96 valence electrons. The Balaban J connectivity index is 2.32. The first-order valence-corrected chi connectivity index (χ1v) is 5.60. The fraction of sp³-hybridized carbons (Fsp3) is 0.167. The van der Waals surface area contributed by atoms with Crippen molar-refractivity contribution in [2.24, 2.45) is 15.9 Å². The summed E-state index contributed by atoms with van der Waals surface area (Å²) >= 11 is 0. The molecule has 0 amide bonds. The number of aromatic nitrogens is 2. The number of para-hydroxylation sites is 2. The number of hydrogen-bond donors (Lipinski definition) is 3. The van der Waals surface area contributed by atoms with Gasteiger partial charge < -0.3 is 15.9 Å². The monoisotopic (exact) mass is 256 g/mol. The predicted octanol–water partition coefficient (Wildman–Crippen LogP) is 1.01. The molecule has 7 heteroatoms. The predicted molar refractivity (Wildman–Crippen MR) is 71.1 cm³/mol. The first-order valence-electron chi connectivity index (χ1n) is 5.60. The zero-order valence-corrected chi connectivity index (χ0v) is 10.0. The molecule has 0 spiro atoms. The van der Waals surface area contributed by atoms with Crippen molar-refractivity contribution in [3.05, 3.63) is 30.1 Å². The highest BCUT2D eigenvalue weighted by molar-refractivity contribution is 6.46. The molecule has 19 heavy (non-hydrogen) atoms. The maximum absolute atomic E-state index is 9.03. The van der Waals surface area contributed by atoms with Gasteiger partial charge in [0.2, 0.25) is 0 Å². The Bertz CT molecular complexity index is 646. The number of aromatic amines is 1. The number of amidine groups is 1. The van der Waals surface area contributed by atoms with E-state index in [0.717, 1.165) is 11.0 Å². The van der Waals surface area contributed by atoms with Crippen LogP contribution in [0, 0.1) is 11.3 Å². The van der Waals surface area contributed by atoms with Crippen LogP contribution in [0.15, 0.2) is 34.4 Å². The molecule has 1 aromatic carbocycles. The molecular formula is C12H12N6O. The van der Waals surface area contributed by atoms with Crippen molar-refractivity contribution < 1.29 is 5.21 Å². The van der Waals surface area contributed by atoms with Crippen LogP contribution in [-0.4, -0.2) is 33.3 Å². The van der Waals surface area contributed by atoms with Crippen molar-refractivity contribution in [2.45, 2.75) is 6.42 Å². The number of rotatable bonds is 4. The Kier molecular flexibility index (Phi) is 3.73. The van der Waals surface area contributed by atoms with Crippen molar-refractivity contribution in [3.8, 4) is 6.07 Å². The smallest absolute Gasteiger partial charge is 0.186 e. The number of nitrogens with two attached hydrogens (primary N) is 1. The molecule has 1 aromatic heterocycles. The van der Waals surface area contributed by atoms with Crippen LogP contribution in [-0.2, 0) is 0 Å². The summed E-state index contributed by atoms with van der Waals surface area (Å²) < 4.78 is 0. The molecule has 0 aliphatic heterocycles. The first kappa shape index (κ1) is 12.6. The van der Waals surface area contributed by atoms with Gasteiger partial charge in [-0.25, -0.2) is 4.98 Å². The number of benzene rings is 1. The fourth-order valence-corrected chi connectivity index (χ4v) is 1.59. The van der Waals surface area contributed by atoms with Crippen LogP contribution >= 0.6 is 0 Å². The number of hydrogen-bond acceptors (Lipinski definition) is 5. The highest BCUT2D eigenvalue weighted by Gasteiger charge is 2.14. The molecule has 0 atom stereocenters. The number of nitrogens with zero attached hydrogens (tertiary/aromatic N) is 4. The van der Waals surface area contributed by atoms with Crippen molar-refractivity contribution in [3.63, 3.8) is 0 Å². The van der Waals surface area contributed by atoms with Crippen LogP contribution in [0.3, 0.4) is 0 Å². The molecular weight excluding hydrogens is 244 g/mol. The standard InChI is InChI=1S/C12H12N6O/c13-6-3-7-15-11(14)10(18-19)12-16-8-4-1-2-5-9(8)17-12/h1-2,4-5,19H,3,7H2,(H2,14,15)(H,16,17)/b18-10+. The molecule has 1 heterocycles. The van der Waals surface area contributed by atoms with E-state index in [1.165, 1.54) is 0 Å². The van der Waals surface area contributed by atoms with Gasteiger partial charge in [-0.2, -0.15) is 5.26 Å². The lowest BCUT2D eigenvalue weighted by atomic mass is 10.3. The third kappa shape index (κ3) is 2.69. The van der Waals surface area contributed by atoms with Crippen LogP contribution in [0.2, 0.25) is 0 Å². The van der Waals surface area contributed by atoms with Crippen LogP contribution in [0.25, 0.3) is 11.0 Å². The van der Waals surface area contributed by atoms with E-state index in [4.69, 9.17) is 16.2 Å². The lowest BCUT2D eigenvalue weighted by molar-refractivity contribution is 0.320. The van der Waals surface area contributed by atoms with E-state index in [-0.39, 0.29) is 24.5 Å². The highest BCUT2D eigenvalue weighted by atomic mass is 16.4. The second-order valence-electron chi connectivity index (χ2n) is 3.73. The summed E-state index contributed by atoms with van der Waals surface area (Å²) in [6, 6.07) is 9.35. The molecule has 2 rings (SSSR count). The molecule has 0 bridgehead atoms. The van der Waals surface area contributed by atoms with Crippen LogP contribution < -0.4 is 5.73 Å². The summed E-state index contributed by atoms with van der Waals surface area (Å²) in [5, 5.41) is 20.6. The van der Waals surface area contributed by atoms with E-state index in [0.29, 0.717) is 5.82 Å². The van der Waals surface area contributed by atoms with Gasteiger partial charge in [0.15, 0.2) is 17.4 Å². The Labute approximate surface area is 109 Å². The van der Waals surface area contributed by atoms with Gasteiger partial charge >= 0.3 is 0 Å². The summed E-state index contributed by atoms with van der Waals surface area (Å²) in [5.74, 6) is 0.374. The minimum absolute atomic E-state index is 0.0387. The van der Waals surface area contributed by atoms with Crippen LogP contribution in [0.4, 0.5) is 0 Å². The highest BCUT2D eigenvalue weighted by Crippen LogP contribution is 2.11. The Morgan fingerprint density at radius 3 is 2.95 bits per heavy atom. The van der Waals surface area contributed by atoms with Gasteiger partial charge in [0.1, 0.15) is 0 Å². The molecule has 0 aliphatic carbocycles. The van der Waals surface area contributed by atoms with E-state index in [1.807, 2.05) is 30.3 Å². The Morgan fingerprint density at radius 1 is 1.47 bits per heavy atom. The Hall–Kier alpha value is -2.88. The minimum Gasteiger partial charge on any atom is -0.410 e. The largest absolute Gasteiger partial charge is 0.410 e. The topological polar surface area (TPSA) is 123 Å². The Morgan fingerprint density at radius 2 is 2.26 bits per heavy atom. The number of H-pyrrole nitrogens is 1. The summed E-state index contributed by atoms with van der Waals surface area (Å²) in [4.78, 5) is 11.2. The molecule has 0 saturated heterocycles. The zero-order valence-electron chi connectivity index (χ0n) is 10.0. The minimum atomic E-state index is 0.0387. The number of oxime groups is 1. The maximum atomic E-state index is 9.03. The molecule has 0 fully saturated rings. The van der Waals surface area contributed by atoms with Crippen molar-refractivity contribution in [1.29, 1.82) is 5.26 Å². The average molecular weight is 256 g/mol. The van der Waals surface area contributed by atoms with E-state index in [2.05, 4.69) is 20.1 Å². The van der Waals surface area contributed by atoms with E-state index in [9.17, 15) is 0 Å². The van der Waals surface area contributed by atoms with Crippen LogP contribution in [0.1, 0.15) is 12.2 Å². The maximum Gasteiger partial charge on any atom is 0.186 e. The fourth-order valence-electron chi connectivity index (χ4n) is 1.59. The second kappa shape index (κ2) is 5.64. The molecule has 0 saturated carbocycles. The van der Waals surface area contributed by atoms with Crippen LogP contribution in [0.5, 0.6) is 0 Å². The quantitative estimate of drug-likeness (QED) is 0.248. The SMILES string of the molecule is N#CCCN=C(N)/C(=N\O)c1nc2ccccc2[nH]1. The second-order valence-corrected chi connectivity index (χ2v) is 3.73. The van der Waals surface area contributed by atoms with Gasteiger partial charge in [-0.3, -0.25) is 4.99 Å². The van der Waals surface area contributed by atoms with Crippen molar-refractivity contribution in [2.75, 3.05) is 6.54 Å². The van der Waals surface area contributed by atoms with Gasteiger partial charge in [-0.1, -0.05) is 17.3 Å². The summed E-state index contributed by atoms with van der Waals surface area (Å²) in [5.41, 5.74) is 7.33. The third-order valence-corrected chi connectivity index (χ3v) is 2.46. The number of fused-ring (bicyclic) bond motifs is 1. The van der Waals surface area contributed by atoms with Gasteiger partial charge in [-0.15, -0.1) is 0 Å². The van der Waals surface area contributed by atoms with Gasteiger partial charge in [0.05, 0.1) is 30.1 Å². The average Bonchev–Trinajstić information content (AvgIpc) is 2.83. The number of aliphatic imine (C=N–C) groups is 1. The third-order valence-electron chi connectivity index (χ3n) is 2.46. The molecule has 0 aliphatic rings. The van der Waals surface area contributed by atoms with Gasteiger partial charge in [0, 0.05) is 0 Å². The van der Waals surface area contributed by atoms with E-state index < -0.39 is 0 Å². The lowest BCUT2D eigenvalue weighted by Crippen LogP contribution is -2.26. The number of nitriles is 1. The van der Waals surface area contributed by atoms with Gasteiger partial charge in [-0.05, 0) is 12.1 Å². The molecule has 0 unspecified atom stereocenters. The van der Waals surface area contributed by atoms with E-state index >= 15 is 0 Å². The summed E-state index contributed by atoms with van der Waals surface area (Å²) in [6.45, 7) is 0.252. The molecule has 0 radical (unpaired) electrons. The van der Waals surface area contributed by atoms with E-state index in [1.54, 1.807) is 0 Å². The summed E-state index contributed by atoms with van der Waals surface area (Å²) in [7, 11) is 0. The first-order chi connectivity index (χ1) is 9.26. The number of imidazole rings is 1.